The smallest absolute Gasteiger partial charge is 0.0163 e. The monoisotopic (exact) mass is 330 g/mol. The van der Waals surface area contributed by atoms with Crippen molar-refractivity contribution < 1.29 is 0 Å². The number of rotatable bonds is 3. The van der Waals surface area contributed by atoms with Crippen LogP contribution in [0.15, 0.2) is 60.2 Å². The largest absolute Gasteiger partial charge is 0.0796 e. The molecular formula is C25H30. The highest BCUT2D eigenvalue weighted by Gasteiger charge is 2.30. The molecule has 0 N–H and O–H groups in total. The predicted octanol–water partition coefficient (Wildman–Crippen LogP) is 6.82. The van der Waals surface area contributed by atoms with E-state index in [4.69, 9.17) is 0 Å². The Morgan fingerprint density at radius 3 is 1.72 bits per heavy atom. The molecule has 0 spiro atoms. The van der Waals surface area contributed by atoms with Gasteiger partial charge in [0.15, 0.2) is 0 Å². The van der Waals surface area contributed by atoms with E-state index in [0.29, 0.717) is 17.8 Å². The molecular weight excluding hydrogens is 300 g/mol. The molecule has 0 aliphatic heterocycles. The minimum atomic E-state index is 0.400. The van der Waals surface area contributed by atoms with E-state index in [0.717, 1.165) is 0 Å². The van der Waals surface area contributed by atoms with Gasteiger partial charge in [-0.1, -0.05) is 78.3 Å². The van der Waals surface area contributed by atoms with Crippen LogP contribution in [0.3, 0.4) is 0 Å². The molecule has 0 heteroatoms. The van der Waals surface area contributed by atoms with Crippen LogP contribution in [0.5, 0.6) is 0 Å². The van der Waals surface area contributed by atoms with Crippen LogP contribution in [-0.4, -0.2) is 0 Å². The fourth-order valence-corrected chi connectivity index (χ4v) is 4.37. The highest BCUT2D eigenvalue weighted by atomic mass is 14.3. The standard InChI is InChI=1S/C25H30/c1-16-7-10-22(19(4)13-16)25(23-11-8-17(2)14-20(23)5)24-12-9-18(3)15-21(24)6/h7-15,19,22,25H,1-6H3. The van der Waals surface area contributed by atoms with Crippen molar-refractivity contribution in [1.29, 1.82) is 0 Å². The molecule has 25 heavy (non-hydrogen) atoms. The minimum Gasteiger partial charge on any atom is -0.0796 e. The van der Waals surface area contributed by atoms with Gasteiger partial charge >= 0.3 is 0 Å². The van der Waals surface area contributed by atoms with Gasteiger partial charge in [0, 0.05) is 5.92 Å². The van der Waals surface area contributed by atoms with Crippen molar-refractivity contribution in [2.45, 2.75) is 47.5 Å². The lowest BCUT2D eigenvalue weighted by Gasteiger charge is -2.33. The molecule has 0 fully saturated rings. The Bertz CT molecular complexity index is 784. The molecule has 0 saturated carbocycles. The second-order valence-corrected chi connectivity index (χ2v) is 7.90. The molecule has 0 radical (unpaired) electrons. The summed E-state index contributed by atoms with van der Waals surface area (Å²) in [4.78, 5) is 0. The Labute approximate surface area is 153 Å². The summed E-state index contributed by atoms with van der Waals surface area (Å²) in [5.74, 6) is 1.43. The number of benzene rings is 2. The summed E-state index contributed by atoms with van der Waals surface area (Å²) in [7, 11) is 0. The summed E-state index contributed by atoms with van der Waals surface area (Å²) >= 11 is 0. The Balaban J connectivity index is 2.16. The maximum Gasteiger partial charge on any atom is 0.0163 e. The quantitative estimate of drug-likeness (QED) is 0.579. The fraction of sp³-hybridized carbons (Fsp3) is 0.360. The summed E-state index contributed by atoms with van der Waals surface area (Å²) in [5.41, 5.74) is 9.78. The zero-order chi connectivity index (χ0) is 18.1. The van der Waals surface area contributed by atoms with Gasteiger partial charge in [-0.15, -0.1) is 0 Å². The van der Waals surface area contributed by atoms with Crippen LogP contribution in [0.4, 0.5) is 0 Å². The molecule has 3 rings (SSSR count). The average Bonchev–Trinajstić information content (AvgIpc) is 2.52. The number of aryl methyl sites for hydroxylation is 4. The van der Waals surface area contributed by atoms with Crippen molar-refractivity contribution in [3.63, 3.8) is 0 Å². The van der Waals surface area contributed by atoms with E-state index < -0.39 is 0 Å². The third-order valence-electron chi connectivity index (χ3n) is 5.62. The average molecular weight is 331 g/mol. The van der Waals surface area contributed by atoms with E-state index in [2.05, 4.69) is 96.2 Å². The molecule has 0 saturated heterocycles. The molecule has 1 aliphatic rings. The first-order valence-electron chi connectivity index (χ1n) is 9.37. The normalized spacial score (nSPS) is 20.0. The van der Waals surface area contributed by atoms with E-state index in [1.54, 1.807) is 0 Å². The van der Waals surface area contributed by atoms with Gasteiger partial charge in [0.1, 0.15) is 0 Å². The van der Waals surface area contributed by atoms with Gasteiger partial charge in [-0.2, -0.15) is 0 Å². The summed E-state index contributed by atoms with van der Waals surface area (Å²) < 4.78 is 0. The van der Waals surface area contributed by atoms with E-state index in [1.807, 2.05) is 0 Å². The summed E-state index contributed by atoms with van der Waals surface area (Å²) in [6.45, 7) is 13.4. The number of hydrogen-bond donors (Lipinski definition) is 0. The van der Waals surface area contributed by atoms with Gasteiger partial charge in [-0.25, -0.2) is 0 Å². The maximum atomic E-state index is 2.43. The minimum absolute atomic E-state index is 0.400. The Morgan fingerprint density at radius 1 is 0.760 bits per heavy atom. The Morgan fingerprint density at radius 2 is 1.28 bits per heavy atom. The van der Waals surface area contributed by atoms with Crippen LogP contribution in [0, 0.1) is 39.5 Å². The van der Waals surface area contributed by atoms with Gasteiger partial charge in [0.2, 0.25) is 0 Å². The number of allylic oxidation sites excluding steroid dienone is 4. The van der Waals surface area contributed by atoms with Crippen molar-refractivity contribution in [2.75, 3.05) is 0 Å². The molecule has 2 aromatic rings. The second-order valence-electron chi connectivity index (χ2n) is 7.90. The summed E-state index contributed by atoms with van der Waals surface area (Å²) in [5, 5.41) is 0. The van der Waals surface area contributed by atoms with Gasteiger partial charge in [-0.3, -0.25) is 0 Å². The topological polar surface area (TPSA) is 0 Å². The van der Waals surface area contributed by atoms with Crippen molar-refractivity contribution in [1.82, 2.24) is 0 Å². The molecule has 1 aliphatic carbocycles. The molecule has 0 aromatic heterocycles. The van der Waals surface area contributed by atoms with Crippen molar-refractivity contribution in [3.8, 4) is 0 Å². The van der Waals surface area contributed by atoms with E-state index in [1.165, 1.54) is 39.0 Å². The Hall–Kier alpha value is -2.08. The third-order valence-corrected chi connectivity index (χ3v) is 5.62. The van der Waals surface area contributed by atoms with Crippen LogP contribution >= 0.6 is 0 Å². The van der Waals surface area contributed by atoms with E-state index in [9.17, 15) is 0 Å². The lowest BCUT2D eigenvalue weighted by molar-refractivity contribution is 0.450. The van der Waals surface area contributed by atoms with Crippen LogP contribution in [-0.2, 0) is 0 Å². The van der Waals surface area contributed by atoms with Crippen molar-refractivity contribution in [3.05, 3.63) is 93.6 Å². The van der Waals surface area contributed by atoms with Crippen LogP contribution in [0.25, 0.3) is 0 Å². The summed E-state index contributed by atoms with van der Waals surface area (Å²) in [6.07, 6.45) is 7.15. The van der Waals surface area contributed by atoms with Gasteiger partial charge in [0.25, 0.3) is 0 Å². The molecule has 2 atom stereocenters. The zero-order valence-electron chi connectivity index (χ0n) is 16.4. The molecule has 0 nitrogen and oxygen atoms in total. The first-order chi connectivity index (χ1) is 11.9. The molecule has 0 amide bonds. The molecule has 2 unspecified atom stereocenters. The van der Waals surface area contributed by atoms with Crippen LogP contribution in [0.2, 0.25) is 0 Å². The second kappa shape index (κ2) is 7.04. The molecule has 130 valence electrons. The van der Waals surface area contributed by atoms with Crippen molar-refractivity contribution in [2.24, 2.45) is 11.8 Å². The highest BCUT2D eigenvalue weighted by molar-refractivity contribution is 5.45. The van der Waals surface area contributed by atoms with Crippen LogP contribution in [0.1, 0.15) is 53.1 Å². The Kier molecular flexibility index (Phi) is 4.99. The maximum absolute atomic E-state index is 2.43. The molecule has 2 aromatic carbocycles. The SMILES string of the molecule is CC1=CC(C)C(C(c2ccc(C)cc2C)c2ccc(C)cc2C)C=C1. The lowest BCUT2D eigenvalue weighted by Crippen LogP contribution is -2.22. The molecule has 0 heterocycles. The molecule has 0 bridgehead atoms. The lowest BCUT2D eigenvalue weighted by atomic mass is 9.70. The van der Waals surface area contributed by atoms with Gasteiger partial charge in [0.05, 0.1) is 0 Å². The van der Waals surface area contributed by atoms with E-state index >= 15 is 0 Å². The van der Waals surface area contributed by atoms with Gasteiger partial charge < -0.3 is 0 Å². The highest BCUT2D eigenvalue weighted by Crippen LogP contribution is 2.42. The predicted molar refractivity (Wildman–Crippen MR) is 109 cm³/mol. The first-order valence-corrected chi connectivity index (χ1v) is 9.37. The van der Waals surface area contributed by atoms with Crippen molar-refractivity contribution >= 4 is 0 Å². The zero-order valence-corrected chi connectivity index (χ0v) is 16.4. The first kappa shape index (κ1) is 17.7. The third kappa shape index (κ3) is 3.63. The fourth-order valence-electron chi connectivity index (χ4n) is 4.37. The van der Waals surface area contributed by atoms with Crippen LogP contribution < -0.4 is 0 Å². The van der Waals surface area contributed by atoms with Gasteiger partial charge in [-0.05, 0) is 68.7 Å². The number of hydrogen-bond acceptors (Lipinski definition) is 0. The summed E-state index contributed by atoms with van der Waals surface area (Å²) in [6, 6.07) is 13.9. The van der Waals surface area contributed by atoms with E-state index in [-0.39, 0.29) is 0 Å².